The summed E-state index contributed by atoms with van der Waals surface area (Å²) >= 11 is 0. The first kappa shape index (κ1) is 10.5. The number of carboxylic acids is 1. The minimum Gasteiger partial charge on any atom is -0.476 e. The van der Waals surface area contributed by atoms with Gasteiger partial charge in [-0.25, -0.2) is 9.78 Å². The normalized spacial score (nSPS) is 11.2. The SMILES string of the molecule is Cn1c(=O)c2nc(C(=O)O)cn2c2ccccc21. The molecule has 6 heteroatoms. The van der Waals surface area contributed by atoms with Crippen LogP contribution in [0.3, 0.4) is 0 Å². The number of nitrogens with zero attached hydrogens (tertiary/aromatic N) is 3. The van der Waals surface area contributed by atoms with Gasteiger partial charge in [0.1, 0.15) is 0 Å². The van der Waals surface area contributed by atoms with E-state index in [4.69, 9.17) is 5.11 Å². The molecule has 3 aromatic rings. The van der Waals surface area contributed by atoms with Gasteiger partial charge in [0.2, 0.25) is 5.65 Å². The van der Waals surface area contributed by atoms with Gasteiger partial charge >= 0.3 is 5.97 Å². The molecule has 1 aromatic carbocycles. The Kier molecular flexibility index (Phi) is 2.00. The Morgan fingerprint density at radius 2 is 1.94 bits per heavy atom. The molecule has 0 atom stereocenters. The lowest BCUT2D eigenvalue weighted by Gasteiger charge is -2.06. The van der Waals surface area contributed by atoms with Crippen molar-refractivity contribution in [2.24, 2.45) is 7.05 Å². The molecule has 0 aliphatic rings. The van der Waals surface area contributed by atoms with E-state index in [-0.39, 0.29) is 16.9 Å². The van der Waals surface area contributed by atoms with Crippen molar-refractivity contribution in [2.45, 2.75) is 0 Å². The average Bonchev–Trinajstić information content (AvgIpc) is 2.81. The third kappa shape index (κ3) is 1.26. The first-order chi connectivity index (χ1) is 8.59. The second-order valence-corrected chi connectivity index (χ2v) is 3.98. The van der Waals surface area contributed by atoms with Crippen molar-refractivity contribution in [1.29, 1.82) is 0 Å². The fourth-order valence-electron chi connectivity index (χ4n) is 2.03. The minimum atomic E-state index is -1.15. The largest absolute Gasteiger partial charge is 0.476 e. The minimum absolute atomic E-state index is 0.119. The van der Waals surface area contributed by atoms with Gasteiger partial charge in [-0.2, -0.15) is 0 Å². The van der Waals surface area contributed by atoms with Gasteiger partial charge in [-0.3, -0.25) is 9.20 Å². The zero-order chi connectivity index (χ0) is 12.9. The topological polar surface area (TPSA) is 76.6 Å². The van der Waals surface area contributed by atoms with Gasteiger partial charge in [0, 0.05) is 13.2 Å². The maximum atomic E-state index is 12.1. The summed E-state index contributed by atoms with van der Waals surface area (Å²) in [5, 5.41) is 8.93. The zero-order valence-corrected chi connectivity index (χ0v) is 9.49. The third-order valence-electron chi connectivity index (χ3n) is 2.92. The molecule has 6 nitrogen and oxygen atoms in total. The maximum absolute atomic E-state index is 12.1. The Balaban J connectivity index is 2.61. The van der Waals surface area contributed by atoms with Gasteiger partial charge < -0.3 is 9.67 Å². The van der Waals surface area contributed by atoms with Gasteiger partial charge in [0.05, 0.1) is 11.0 Å². The average molecular weight is 243 g/mol. The number of hydrogen-bond acceptors (Lipinski definition) is 3. The summed E-state index contributed by atoms with van der Waals surface area (Å²) in [4.78, 5) is 26.8. The van der Waals surface area contributed by atoms with Crippen molar-refractivity contribution >= 4 is 22.6 Å². The molecule has 3 rings (SSSR count). The number of aromatic nitrogens is 3. The molecule has 0 unspecified atom stereocenters. The van der Waals surface area contributed by atoms with Crippen LogP contribution < -0.4 is 5.56 Å². The highest BCUT2D eigenvalue weighted by Gasteiger charge is 2.14. The molecule has 90 valence electrons. The van der Waals surface area contributed by atoms with Crippen LogP contribution in [-0.4, -0.2) is 25.0 Å². The summed E-state index contributed by atoms with van der Waals surface area (Å²) in [6.45, 7) is 0. The van der Waals surface area contributed by atoms with Gasteiger partial charge in [-0.05, 0) is 12.1 Å². The Morgan fingerprint density at radius 3 is 2.61 bits per heavy atom. The van der Waals surface area contributed by atoms with E-state index in [1.165, 1.54) is 15.2 Å². The molecule has 0 amide bonds. The number of benzene rings is 1. The van der Waals surface area contributed by atoms with E-state index < -0.39 is 5.97 Å². The summed E-state index contributed by atoms with van der Waals surface area (Å²) in [5.41, 5.74) is 1.14. The van der Waals surface area contributed by atoms with Crippen LogP contribution in [0.2, 0.25) is 0 Å². The molecule has 0 saturated heterocycles. The molecule has 0 saturated carbocycles. The number of carboxylic acid groups (broad SMARTS) is 1. The van der Waals surface area contributed by atoms with Crippen LogP contribution in [-0.2, 0) is 7.05 Å². The Hall–Kier alpha value is -2.63. The smallest absolute Gasteiger partial charge is 0.356 e. The van der Waals surface area contributed by atoms with Gasteiger partial charge in [-0.1, -0.05) is 12.1 Å². The highest BCUT2D eigenvalue weighted by Crippen LogP contribution is 2.14. The van der Waals surface area contributed by atoms with Crippen molar-refractivity contribution in [1.82, 2.24) is 14.0 Å². The Bertz CT molecular complexity index is 845. The fraction of sp³-hybridized carbons (Fsp3) is 0.0833. The van der Waals surface area contributed by atoms with Gasteiger partial charge in [0.25, 0.3) is 5.56 Å². The summed E-state index contributed by atoms with van der Waals surface area (Å²) < 4.78 is 2.98. The number of para-hydroxylation sites is 2. The van der Waals surface area contributed by atoms with Crippen LogP contribution in [0.1, 0.15) is 10.5 Å². The van der Waals surface area contributed by atoms with Crippen LogP contribution >= 0.6 is 0 Å². The number of fused-ring (bicyclic) bond motifs is 3. The van der Waals surface area contributed by atoms with Crippen molar-refractivity contribution < 1.29 is 9.90 Å². The highest BCUT2D eigenvalue weighted by atomic mass is 16.4. The monoisotopic (exact) mass is 243 g/mol. The zero-order valence-electron chi connectivity index (χ0n) is 9.49. The van der Waals surface area contributed by atoms with Gasteiger partial charge in [-0.15, -0.1) is 0 Å². The van der Waals surface area contributed by atoms with Crippen molar-refractivity contribution in [3.05, 3.63) is 46.5 Å². The van der Waals surface area contributed by atoms with Crippen molar-refractivity contribution in [2.75, 3.05) is 0 Å². The van der Waals surface area contributed by atoms with E-state index in [0.717, 1.165) is 11.0 Å². The molecule has 1 N–H and O–H groups in total. The van der Waals surface area contributed by atoms with Crippen molar-refractivity contribution in [3.63, 3.8) is 0 Å². The molecular weight excluding hydrogens is 234 g/mol. The van der Waals surface area contributed by atoms with Crippen LogP contribution in [0.25, 0.3) is 16.7 Å². The molecular formula is C12H9N3O3. The number of aryl methyl sites for hydroxylation is 1. The molecule has 0 aliphatic carbocycles. The maximum Gasteiger partial charge on any atom is 0.356 e. The second-order valence-electron chi connectivity index (χ2n) is 3.98. The quantitative estimate of drug-likeness (QED) is 0.688. The molecule has 18 heavy (non-hydrogen) atoms. The van der Waals surface area contributed by atoms with Gasteiger partial charge in [0.15, 0.2) is 5.69 Å². The molecule has 2 heterocycles. The number of rotatable bonds is 1. The van der Waals surface area contributed by atoms with E-state index in [0.29, 0.717) is 0 Å². The third-order valence-corrected chi connectivity index (χ3v) is 2.92. The molecule has 2 aromatic heterocycles. The number of hydrogen-bond donors (Lipinski definition) is 1. The van der Waals surface area contributed by atoms with Crippen molar-refractivity contribution in [3.8, 4) is 0 Å². The van der Waals surface area contributed by atoms with E-state index in [9.17, 15) is 9.59 Å². The molecule has 0 fully saturated rings. The predicted molar refractivity (Wildman–Crippen MR) is 64.9 cm³/mol. The molecule has 0 radical (unpaired) electrons. The number of carbonyl (C=O) groups is 1. The lowest BCUT2D eigenvalue weighted by atomic mass is 10.3. The summed E-state index contributed by atoms with van der Waals surface area (Å²) in [6, 6.07) is 7.26. The lowest BCUT2D eigenvalue weighted by Crippen LogP contribution is -2.20. The highest BCUT2D eigenvalue weighted by molar-refractivity contribution is 5.87. The van der Waals surface area contributed by atoms with E-state index in [1.54, 1.807) is 13.1 Å². The lowest BCUT2D eigenvalue weighted by molar-refractivity contribution is 0.0691. The van der Waals surface area contributed by atoms with Crippen LogP contribution in [0.4, 0.5) is 0 Å². The van der Waals surface area contributed by atoms with E-state index in [1.807, 2.05) is 18.2 Å². The molecule has 0 aliphatic heterocycles. The fourth-order valence-corrected chi connectivity index (χ4v) is 2.03. The summed E-state index contributed by atoms with van der Waals surface area (Å²) in [6.07, 6.45) is 1.36. The Morgan fingerprint density at radius 1 is 1.28 bits per heavy atom. The molecule has 0 bridgehead atoms. The number of aromatic carboxylic acids is 1. The Labute approximate surface area is 101 Å². The van der Waals surface area contributed by atoms with Crippen LogP contribution in [0.15, 0.2) is 35.3 Å². The standard InChI is InChI=1S/C12H9N3O3/c1-14-8-4-2-3-5-9(8)15-6-7(12(17)18)13-10(15)11(14)16/h2-6H,1H3,(H,17,18). The first-order valence-electron chi connectivity index (χ1n) is 5.29. The molecule has 0 spiro atoms. The summed E-state index contributed by atoms with van der Waals surface area (Å²) in [5.74, 6) is -1.15. The van der Waals surface area contributed by atoms with Crippen LogP contribution in [0.5, 0.6) is 0 Å². The van der Waals surface area contributed by atoms with E-state index >= 15 is 0 Å². The predicted octanol–water partition coefficient (Wildman–Crippen LogP) is 0.884. The van der Waals surface area contributed by atoms with E-state index in [2.05, 4.69) is 4.98 Å². The summed E-state index contributed by atoms with van der Waals surface area (Å²) in [7, 11) is 1.64. The second kappa shape index (κ2) is 3.43. The number of imidazole rings is 1. The van der Waals surface area contributed by atoms with Crippen LogP contribution in [0, 0.1) is 0 Å². The first-order valence-corrected chi connectivity index (χ1v) is 5.29.